The number of benzene rings is 1. The largest absolute Gasteiger partial charge is 0.417 e. The second-order valence-corrected chi connectivity index (χ2v) is 3.33. The number of alkyl halides is 3. The van der Waals surface area contributed by atoms with E-state index >= 15 is 0 Å². The zero-order valence-electron chi connectivity index (χ0n) is 8.01. The van der Waals surface area contributed by atoms with Gasteiger partial charge in [0.1, 0.15) is 0 Å². The number of hydrogen-bond donors (Lipinski definition) is 0. The molecule has 0 bridgehead atoms. The minimum absolute atomic E-state index is 0.163. The third-order valence-corrected chi connectivity index (χ3v) is 2.16. The van der Waals surface area contributed by atoms with Gasteiger partial charge in [-0.3, -0.25) is 9.59 Å². The SMILES string of the molecule is N#Cc1cc(C=O)c(C(=O)Cl)cc1C(F)(F)F. The van der Waals surface area contributed by atoms with Crippen molar-refractivity contribution in [3.05, 3.63) is 34.4 Å². The van der Waals surface area contributed by atoms with E-state index in [0.29, 0.717) is 12.1 Å². The van der Waals surface area contributed by atoms with Crippen molar-refractivity contribution in [2.24, 2.45) is 0 Å². The molecule has 0 spiro atoms. The molecule has 3 nitrogen and oxygen atoms in total. The maximum absolute atomic E-state index is 12.5. The molecule has 0 amide bonds. The average Bonchev–Trinajstić information content (AvgIpc) is 2.25. The van der Waals surface area contributed by atoms with Crippen LogP contribution in [0, 0.1) is 11.3 Å². The lowest BCUT2D eigenvalue weighted by Crippen LogP contribution is -2.11. The van der Waals surface area contributed by atoms with Gasteiger partial charge in [-0.2, -0.15) is 18.4 Å². The molecule has 1 rings (SSSR count). The summed E-state index contributed by atoms with van der Waals surface area (Å²) in [5.41, 5.74) is -2.96. The summed E-state index contributed by atoms with van der Waals surface area (Å²) in [6.07, 6.45) is -4.63. The topological polar surface area (TPSA) is 57.9 Å². The van der Waals surface area contributed by atoms with E-state index in [2.05, 4.69) is 0 Å². The molecule has 1 aromatic rings. The maximum Gasteiger partial charge on any atom is 0.417 e. The highest BCUT2D eigenvalue weighted by atomic mass is 35.5. The molecule has 0 fully saturated rings. The Kier molecular flexibility index (Phi) is 3.53. The van der Waals surface area contributed by atoms with Crippen LogP contribution in [0.25, 0.3) is 0 Å². The van der Waals surface area contributed by atoms with Gasteiger partial charge in [-0.1, -0.05) is 0 Å². The Morgan fingerprint density at radius 2 is 2.00 bits per heavy atom. The fourth-order valence-electron chi connectivity index (χ4n) is 1.21. The first kappa shape index (κ1) is 13.2. The summed E-state index contributed by atoms with van der Waals surface area (Å²) in [5.74, 6) is 0. The summed E-state index contributed by atoms with van der Waals surface area (Å²) >= 11 is 5.06. The molecular formula is C10H3ClF3NO2. The molecule has 0 aliphatic rings. The fraction of sp³-hybridized carbons (Fsp3) is 0.100. The van der Waals surface area contributed by atoms with E-state index in [1.807, 2.05) is 0 Å². The minimum atomic E-state index is -4.80. The van der Waals surface area contributed by atoms with E-state index in [0.717, 1.165) is 0 Å². The molecule has 0 saturated heterocycles. The quantitative estimate of drug-likeness (QED) is 0.607. The van der Waals surface area contributed by atoms with Crippen LogP contribution in [0.1, 0.15) is 31.8 Å². The monoisotopic (exact) mass is 261 g/mol. The summed E-state index contributed by atoms with van der Waals surface area (Å²) in [7, 11) is 0. The summed E-state index contributed by atoms with van der Waals surface area (Å²) in [4.78, 5) is 21.4. The number of hydrogen-bond acceptors (Lipinski definition) is 3. The number of rotatable bonds is 2. The molecule has 7 heteroatoms. The van der Waals surface area contributed by atoms with Crippen LogP contribution in [0.5, 0.6) is 0 Å². The van der Waals surface area contributed by atoms with Crippen molar-refractivity contribution in [2.75, 3.05) is 0 Å². The van der Waals surface area contributed by atoms with Crippen molar-refractivity contribution in [1.29, 1.82) is 5.26 Å². The van der Waals surface area contributed by atoms with Crippen LogP contribution >= 0.6 is 11.6 Å². The lowest BCUT2D eigenvalue weighted by molar-refractivity contribution is -0.137. The minimum Gasteiger partial charge on any atom is -0.298 e. The fourth-order valence-corrected chi connectivity index (χ4v) is 1.37. The van der Waals surface area contributed by atoms with Gasteiger partial charge in [0, 0.05) is 11.1 Å². The Labute approximate surface area is 98.4 Å². The second kappa shape index (κ2) is 4.55. The predicted molar refractivity (Wildman–Crippen MR) is 51.7 cm³/mol. The van der Waals surface area contributed by atoms with Crippen molar-refractivity contribution in [3.63, 3.8) is 0 Å². The Bertz CT molecular complexity index is 532. The number of halogens is 4. The summed E-state index contributed by atoms with van der Waals surface area (Å²) in [6, 6.07) is 2.40. The highest BCUT2D eigenvalue weighted by Gasteiger charge is 2.35. The first-order valence-corrected chi connectivity index (χ1v) is 4.49. The van der Waals surface area contributed by atoms with Crippen molar-refractivity contribution < 1.29 is 22.8 Å². The third kappa shape index (κ3) is 2.63. The molecule has 0 aliphatic heterocycles. The van der Waals surface area contributed by atoms with Gasteiger partial charge in [0.05, 0.1) is 17.2 Å². The Morgan fingerprint density at radius 1 is 1.41 bits per heavy atom. The van der Waals surface area contributed by atoms with Crippen LogP contribution < -0.4 is 0 Å². The van der Waals surface area contributed by atoms with Crippen LogP contribution in [0.2, 0.25) is 0 Å². The average molecular weight is 262 g/mol. The van der Waals surface area contributed by atoms with E-state index in [9.17, 15) is 22.8 Å². The van der Waals surface area contributed by atoms with Crippen LogP contribution in [-0.4, -0.2) is 11.5 Å². The van der Waals surface area contributed by atoms with Crippen molar-refractivity contribution in [3.8, 4) is 6.07 Å². The van der Waals surface area contributed by atoms with E-state index < -0.39 is 28.1 Å². The number of carbonyl (C=O) groups is 2. The van der Waals surface area contributed by atoms with Gasteiger partial charge < -0.3 is 0 Å². The van der Waals surface area contributed by atoms with Crippen molar-refractivity contribution in [1.82, 2.24) is 0 Å². The Hall–Kier alpha value is -1.87. The normalized spacial score (nSPS) is 10.8. The standard InChI is InChI=1S/C10H3ClF3NO2/c11-9(17)7-2-8(10(12,13)14)5(3-15)1-6(7)4-16/h1-2,4H. The highest BCUT2D eigenvalue weighted by Crippen LogP contribution is 2.33. The first-order valence-electron chi connectivity index (χ1n) is 4.11. The molecule has 0 atom stereocenters. The molecule has 0 unspecified atom stereocenters. The van der Waals surface area contributed by atoms with Crippen LogP contribution in [-0.2, 0) is 6.18 Å². The van der Waals surface area contributed by atoms with Crippen LogP contribution in [0.4, 0.5) is 13.2 Å². The molecule has 0 heterocycles. The molecule has 0 saturated carbocycles. The van der Waals surface area contributed by atoms with Gasteiger partial charge in [-0.05, 0) is 23.7 Å². The molecule has 17 heavy (non-hydrogen) atoms. The number of nitriles is 1. The predicted octanol–water partition coefficient (Wildman–Crippen LogP) is 2.77. The summed E-state index contributed by atoms with van der Waals surface area (Å²) < 4.78 is 37.6. The Morgan fingerprint density at radius 3 is 2.35 bits per heavy atom. The first-order chi connectivity index (χ1) is 7.81. The lowest BCUT2D eigenvalue weighted by atomic mass is 10.00. The van der Waals surface area contributed by atoms with Crippen molar-refractivity contribution in [2.45, 2.75) is 6.18 Å². The van der Waals surface area contributed by atoms with Crippen LogP contribution in [0.15, 0.2) is 12.1 Å². The molecule has 0 N–H and O–H groups in total. The van der Waals surface area contributed by atoms with Gasteiger partial charge >= 0.3 is 6.18 Å². The highest BCUT2D eigenvalue weighted by molar-refractivity contribution is 6.68. The number of aldehydes is 1. The second-order valence-electron chi connectivity index (χ2n) is 2.99. The number of carbonyl (C=O) groups excluding carboxylic acids is 2. The zero-order chi connectivity index (χ0) is 13.2. The van der Waals surface area contributed by atoms with E-state index in [1.54, 1.807) is 0 Å². The van der Waals surface area contributed by atoms with Crippen LogP contribution in [0.3, 0.4) is 0 Å². The lowest BCUT2D eigenvalue weighted by Gasteiger charge is -2.10. The number of nitrogens with zero attached hydrogens (tertiary/aromatic N) is 1. The van der Waals surface area contributed by atoms with Gasteiger partial charge in [0.15, 0.2) is 6.29 Å². The summed E-state index contributed by atoms with van der Waals surface area (Å²) in [6.45, 7) is 0. The Balaban J connectivity index is 3.63. The molecule has 88 valence electrons. The zero-order valence-corrected chi connectivity index (χ0v) is 8.76. The third-order valence-electron chi connectivity index (χ3n) is 1.95. The van der Waals surface area contributed by atoms with E-state index in [4.69, 9.17) is 16.9 Å². The molecule has 1 aromatic carbocycles. The van der Waals surface area contributed by atoms with Gasteiger partial charge in [0.2, 0.25) is 0 Å². The molecule has 0 aromatic heterocycles. The van der Waals surface area contributed by atoms with E-state index in [1.165, 1.54) is 6.07 Å². The van der Waals surface area contributed by atoms with Gasteiger partial charge in [0.25, 0.3) is 5.24 Å². The maximum atomic E-state index is 12.5. The molecule has 0 radical (unpaired) electrons. The smallest absolute Gasteiger partial charge is 0.298 e. The van der Waals surface area contributed by atoms with Crippen molar-refractivity contribution >= 4 is 23.1 Å². The summed E-state index contributed by atoms with van der Waals surface area (Å²) in [5, 5.41) is 7.35. The molecular weight excluding hydrogens is 259 g/mol. The van der Waals surface area contributed by atoms with E-state index in [-0.39, 0.29) is 11.8 Å². The van der Waals surface area contributed by atoms with Gasteiger partial charge in [-0.25, -0.2) is 0 Å². The van der Waals surface area contributed by atoms with Gasteiger partial charge in [-0.15, -0.1) is 0 Å². The molecule has 0 aliphatic carbocycles.